The molecule has 1 N–H and O–H groups in total. The Morgan fingerprint density at radius 3 is 2.30 bits per heavy atom. The number of hydrogen-bond acceptors (Lipinski definition) is 4. The summed E-state index contributed by atoms with van der Waals surface area (Å²) in [7, 11) is -0.260. The maximum absolute atomic E-state index is 12.0. The highest BCUT2D eigenvalue weighted by Gasteiger charge is 2.28. The lowest BCUT2D eigenvalue weighted by atomic mass is 10.3. The van der Waals surface area contributed by atoms with E-state index >= 15 is 0 Å². The first-order valence-corrected chi connectivity index (χ1v) is 9.04. The largest absolute Gasteiger partial charge is 0.326 e. The normalized spacial score (nSPS) is 17.3. The maximum Gasteiger partial charge on any atom is 0.281 e. The summed E-state index contributed by atoms with van der Waals surface area (Å²) in [6, 6.07) is 9.35. The van der Waals surface area contributed by atoms with Crippen LogP contribution in [-0.2, 0) is 15.0 Å². The molecule has 128 valence electrons. The monoisotopic (exact) mass is 340 g/mol. The average Bonchev–Trinajstić information content (AvgIpc) is 2.54. The fraction of sp³-hybridized carbons (Fsp3) is 0.533. The minimum Gasteiger partial charge on any atom is -0.326 e. The van der Waals surface area contributed by atoms with Crippen LogP contribution in [0.3, 0.4) is 0 Å². The molecule has 1 aromatic carbocycles. The molecule has 0 unspecified atom stereocenters. The Labute approximate surface area is 138 Å². The van der Waals surface area contributed by atoms with Gasteiger partial charge in [-0.15, -0.1) is 0 Å². The molecule has 0 spiro atoms. The van der Waals surface area contributed by atoms with Crippen molar-refractivity contribution in [3.63, 3.8) is 0 Å². The Morgan fingerprint density at radius 2 is 1.74 bits per heavy atom. The summed E-state index contributed by atoms with van der Waals surface area (Å²) in [4.78, 5) is 14.0. The predicted octanol–water partition coefficient (Wildman–Crippen LogP) is 0.439. The van der Waals surface area contributed by atoms with E-state index in [1.54, 1.807) is 0 Å². The molecular formula is C15H24N4O3S. The van der Waals surface area contributed by atoms with Crippen LogP contribution in [-0.4, -0.2) is 74.7 Å². The number of carbonyl (C=O) groups excluding carboxylic acids is 1. The molecule has 1 saturated heterocycles. The third kappa shape index (κ3) is 5.00. The van der Waals surface area contributed by atoms with Crippen molar-refractivity contribution in [1.82, 2.24) is 13.5 Å². The van der Waals surface area contributed by atoms with Gasteiger partial charge in [-0.3, -0.25) is 4.79 Å². The van der Waals surface area contributed by atoms with E-state index in [-0.39, 0.29) is 5.91 Å². The number of nitrogens with one attached hydrogen (secondary N) is 1. The molecule has 0 bridgehead atoms. The summed E-state index contributed by atoms with van der Waals surface area (Å²) in [5.41, 5.74) is 0.791. The van der Waals surface area contributed by atoms with Crippen LogP contribution in [0.1, 0.15) is 6.42 Å². The smallest absolute Gasteiger partial charge is 0.281 e. The molecular weight excluding hydrogens is 316 g/mol. The Balaban J connectivity index is 1.74. The number of carbonyl (C=O) groups is 1. The van der Waals surface area contributed by atoms with Crippen molar-refractivity contribution in [3.8, 4) is 0 Å². The van der Waals surface area contributed by atoms with Gasteiger partial charge in [0.2, 0.25) is 5.91 Å². The van der Waals surface area contributed by atoms with Crippen LogP contribution in [0.15, 0.2) is 30.3 Å². The first-order chi connectivity index (χ1) is 10.9. The predicted molar refractivity (Wildman–Crippen MR) is 90.3 cm³/mol. The molecule has 8 heteroatoms. The van der Waals surface area contributed by atoms with E-state index < -0.39 is 10.2 Å². The fourth-order valence-corrected chi connectivity index (χ4v) is 3.51. The summed E-state index contributed by atoms with van der Waals surface area (Å²) in [5, 5.41) is 2.85. The summed E-state index contributed by atoms with van der Waals surface area (Å²) >= 11 is 0. The molecule has 2 rings (SSSR count). The van der Waals surface area contributed by atoms with Crippen LogP contribution in [0.5, 0.6) is 0 Å². The molecule has 0 atom stereocenters. The molecule has 0 aromatic heterocycles. The van der Waals surface area contributed by atoms with Crippen molar-refractivity contribution in [1.29, 1.82) is 0 Å². The van der Waals surface area contributed by atoms with Crippen molar-refractivity contribution in [2.45, 2.75) is 6.42 Å². The van der Waals surface area contributed by atoms with Gasteiger partial charge < -0.3 is 10.2 Å². The quantitative estimate of drug-likeness (QED) is 0.816. The number of nitrogens with zero attached hydrogens (tertiary/aromatic N) is 3. The van der Waals surface area contributed by atoms with Crippen molar-refractivity contribution in [2.24, 2.45) is 0 Å². The summed E-state index contributed by atoms with van der Waals surface area (Å²) in [5.74, 6) is -0.0282. The van der Waals surface area contributed by atoms with E-state index in [1.165, 1.54) is 22.7 Å². The van der Waals surface area contributed by atoms with E-state index in [1.807, 2.05) is 30.3 Å². The van der Waals surface area contributed by atoms with Gasteiger partial charge in [0.15, 0.2) is 0 Å². The SMILES string of the molecule is CN(C)S(=O)(=O)N1CCN(CCC(=O)Nc2ccccc2)CC1. The minimum absolute atomic E-state index is 0.0282. The van der Waals surface area contributed by atoms with Gasteiger partial charge in [0, 0.05) is 58.9 Å². The van der Waals surface area contributed by atoms with Crippen molar-refractivity contribution >= 4 is 21.8 Å². The van der Waals surface area contributed by atoms with Crippen LogP contribution in [0.25, 0.3) is 0 Å². The summed E-state index contributed by atoms with van der Waals surface area (Å²) < 4.78 is 26.8. The van der Waals surface area contributed by atoms with Gasteiger partial charge >= 0.3 is 0 Å². The molecule has 0 radical (unpaired) electrons. The first kappa shape index (κ1) is 17.9. The molecule has 1 aliphatic rings. The number of hydrogen-bond donors (Lipinski definition) is 1. The first-order valence-electron chi connectivity index (χ1n) is 7.64. The van der Waals surface area contributed by atoms with Crippen LogP contribution in [0, 0.1) is 0 Å². The Bertz CT molecular complexity index is 611. The summed E-state index contributed by atoms with van der Waals surface area (Å²) in [6.07, 6.45) is 0.398. The number of anilines is 1. The van der Waals surface area contributed by atoms with Crippen molar-refractivity contribution in [3.05, 3.63) is 30.3 Å². The Hall–Kier alpha value is -1.48. The molecule has 1 amide bonds. The number of benzene rings is 1. The van der Waals surface area contributed by atoms with Gasteiger partial charge in [-0.25, -0.2) is 0 Å². The molecule has 23 heavy (non-hydrogen) atoms. The van der Waals surface area contributed by atoms with Crippen LogP contribution >= 0.6 is 0 Å². The molecule has 1 aliphatic heterocycles. The summed E-state index contributed by atoms with van der Waals surface area (Å²) in [6.45, 7) is 2.84. The maximum atomic E-state index is 12.0. The third-order valence-corrected chi connectivity index (χ3v) is 5.77. The second-order valence-corrected chi connectivity index (χ2v) is 7.84. The van der Waals surface area contributed by atoms with Gasteiger partial charge in [0.25, 0.3) is 10.2 Å². The zero-order valence-electron chi connectivity index (χ0n) is 13.6. The van der Waals surface area contributed by atoms with Crippen LogP contribution in [0.4, 0.5) is 5.69 Å². The number of piperazine rings is 1. The van der Waals surface area contributed by atoms with Crippen LogP contribution in [0.2, 0.25) is 0 Å². The second kappa shape index (κ2) is 7.87. The van der Waals surface area contributed by atoms with Gasteiger partial charge in [-0.1, -0.05) is 18.2 Å². The Morgan fingerprint density at radius 1 is 1.13 bits per heavy atom. The van der Waals surface area contributed by atoms with Gasteiger partial charge in [0.05, 0.1) is 0 Å². The highest BCUT2D eigenvalue weighted by Crippen LogP contribution is 2.10. The van der Waals surface area contributed by atoms with Crippen molar-refractivity contribution in [2.75, 3.05) is 52.1 Å². The number of para-hydroxylation sites is 1. The fourth-order valence-electron chi connectivity index (χ4n) is 2.42. The lowest BCUT2D eigenvalue weighted by molar-refractivity contribution is -0.116. The minimum atomic E-state index is -3.33. The zero-order valence-corrected chi connectivity index (χ0v) is 14.4. The van der Waals surface area contributed by atoms with E-state index in [2.05, 4.69) is 10.2 Å². The highest BCUT2D eigenvalue weighted by molar-refractivity contribution is 7.86. The second-order valence-electron chi connectivity index (χ2n) is 5.70. The average molecular weight is 340 g/mol. The molecule has 1 fully saturated rings. The van der Waals surface area contributed by atoms with Gasteiger partial charge in [0.1, 0.15) is 0 Å². The molecule has 7 nitrogen and oxygen atoms in total. The van der Waals surface area contributed by atoms with E-state index in [4.69, 9.17) is 0 Å². The number of rotatable bonds is 6. The lowest BCUT2D eigenvalue weighted by Gasteiger charge is -2.34. The lowest BCUT2D eigenvalue weighted by Crippen LogP contribution is -2.51. The molecule has 1 aromatic rings. The standard InChI is InChI=1S/C15H24N4O3S/c1-17(2)23(21,22)19-12-10-18(11-13-19)9-8-15(20)16-14-6-4-3-5-7-14/h3-7H,8-13H2,1-2H3,(H,16,20). The topological polar surface area (TPSA) is 73.0 Å². The van der Waals surface area contributed by atoms with E-state index in [9.17, 15) is 13.2 Å². The van der Waals surface area contributed by atoms with Crippen molar-refractivity contribution < 1.29 is 13.2 Å². The third-order valence-electron chi connectivity index (χ3n) is 3.83. The molecule has 0 saturated carbocycles. The number of amides is 1. The van der Waals surface area contributed by atoms with Gasteiger partial charge in [-0.2, -0.15) is 17.0 Å². The van der Waals surface area contributed by atoms with E-state index in [0.717, 1.165) is 5.69 Å². The van der Waals surface area contributed by atoms with Crippen LogP contribution < -0.4 is 5.32 Å². The Kier molecular flexibility index (Phi) is 6.11. The van der Waals surface area contributed by atoms with E-state index in [0.29, 0.717) is 39.1 Å². The van der Waals surface area contributed by atoms with Gasteiger partial charge in [-0.05, 0) is 12.1 Å². The highest BCUT2D eigenvalue weighted by atomic mass is 32.2. The molecule has 0 aliphatic carbocycles. The molecule has 1 heterocycles. The zero-order chi connectivity index (χ0) is 16.9.